The number of benzene rings is 3. The first-order valence-electron chi connectivity index (χ1n) is 11.1. The van der Waals surface area contributed by atoms with Gasteiger partial charge < -0.3 is 20.4 Å². The van der Waals surface area contributed by atoms with Gasteiger partial charge in [-0.1, -0.05) is 37.1 Å². The van der Waals surface area contributed by atoms with Crippen molar-refractivity contribution in [2.45, 2.75) is 31.6 Å². The van der Waals surface area contributed by atoms with Crippen LogP contribution in [0.3, 0.4) is 0 Å². The van der Waals surface area contributed by atoms with Crippen LogP contribution in [0.25, 0.3) is 11.0 Å². The Morgan fingerprint density at radius 2 is 1.70 bits per heavy atom. The van der Waals surface area contributed by atoms with E-state index < -0.39 is 5.97 Å². The lowest BCUT2D eigenvalue weighted by molar-refractivity contribution is 0.0733. The van der Waals surface area contributed by atoms with Gasteiger partial charge in [0.2, 0.25) is 0 Å². The average molecular weight is 441 g/mol. The molecule has 0 saturated heterocycles. The van der Waals surface area contributed by atoms with Crippen LogP contribution < -0.4 is 15.4 Å². The van der Waals surface area contributed by atoms with E-state index in [0.29, 0.717) is 28.6 Å². The molecular formula is C26H24N4O3. The first-order chi connectivity index (χ1) is 16.2. The number of fused-ring (bicyclic) bond motifs is 1. The van der Waals surface area contributed by atoms with Gasteiger partial charge in [-0.2, -0.15) is 0 Å². The van der Waals surface area contributed by atoms with Crippen LogP contribution in [0.15, 0.2) is 73.1 Å². The molecule has 0 spiro atoms. The van der Waals surface area contributed by atoms with Crippen LogP contribution in [-0.4, -0.2) is 22.0 Å². The van der Waals surface area contributed by atoms with Gasteiger partial charge in [-0.3, -0.25) is 0 Å². The third-order valence-corrected chi connectivity index (χ3v) is 5.96. The van der Waals surface area contributed by atoms with Crippen LogP contribution in [0.2, 0.25) is 0 Å². The molecule has 4 aromatic rings. The minimum atomic E-state index is -0.448. The molecule has 166 valence electrons. The zero-order valence-electron chi connectivity index (χ0n) is 18.0. The molecule has 5 rings (SSSR count). The Morgan fingerprint density at radius 3 is 2.52 bits per heavy atom. The Labute approximate surface area is 191 Å². The molecule has 7 nitrogen and oxygen atoms in total. The molecule has 0 aliphatic heterocycles. The summed E-state index contributed by atoms with van der Waals surface area (Å²) in [5.41, 5.74) is 4.24. The molecule has 3 aromatic carbocycles. The van der Waals surface area contributed by atoms with Gasteiger partial charge in [0.25, 0.3) is 0 Å². The number of aromatic nitrogens is 2. The number of amides is 2. The van der Waals surface area contributed by atoms with E-state index in [1.807, 2.05) is 42.5 Å². The Morgan fingerprint density at radius 1 is 0.909 bits per heavy atom. The number of H-pyrrole nitrogens is 1. The molecule has 1 fully saturated rings. The summed E-state index contributed by atoms with van der Waals surface area (Å²) in [5.74, 6) is 0.376. The van der Waals surface area contributed by atoms with Crippen molar-refractivity contribution in [3.05, 3.63) is 84.2 Å². The molecule has 1 aliphatic carbocycles. The summed E-state index contributed by atoms with van der Waals surface area (Å²) in [6.07, 6.45) is 6.04. The number of rotatable bonds is 5. The van der Waals surface area contributed by atoms with E-state index in [9.17, 15) is 9.59 Å². The Balaban J connectivity index is 1.38. The smallest absolute Gasteiger partial charge is 0.343 e. The normalized spacial score (nSPS) is 13.7. The summed E-state index contributed by atoms with van der Waals surface area (Å²) >= 11 is 0. The van der Waals surface area contributed by atoms with E-state index in [1.54, 1.807) is 30.6 Å². The fourth-order valence-corrected chi connectivity index (χ4v) is 4.31. The highest BCUT2D eigenvalue weighted by Gasteiger charge is 2.23. The maximum atomic E-state index is 13.0. The standard InChI is InChI=1S/C26H24N4O3/c31-25(18-10-13-22-23(14-18)28-16-27-22)33-24-15-20(11-12-21(24)17-6-4-5-7-17)30-26(32)29-19-8-2-1-3-9-19/h1-3,8-17H,4-7H2,(H,27,28)(H2,29,30,32). The second-order valence-electron chi connectivity index (χ2n) is 8.20. The number of hydrogen-bond donors (Lipinski definition) is 3. The monoisotopic (exact) mass is 440 g/mol. The van der Waals surface area contributed by atoms with Crippen molar-refractivity contribution in [1.29, 1.82) is 0 Å². The van der Waals surface area contributed by atoms with E-state index in [2.05, 4.69) is 20.6 Å². The lowest BCUT2D eigenvalue weighted by Gasteiger charge is -2.17. The minimum absolute atomic E-state index is 0.343. The SMILES string of the molecule is O=C(Nc1ccccc1)Nc1ccc(C2CCCC2)c(OC(=O)c2ccc3nc[nH]c3c2)c1. The number of imidazole rings is 1. The molecule has 1 saturated carbocycles. The first-order valence-corrected chi connectivity index (χ1v) is 11.1. The van der Waals surface area contributed by atoms with E-state index >= 15 is 0 Å². The number of para-hydroxylation sites is 1. The lowest BCUT2D eigenvalue weighted by atomic mass is 9.96. The maximum Gasteiger partial charge on any atom is 0.343 e. The molecule has 0 atom stereocenters. The summed E-state index contributed by atoms with van der Waals surface area (Å²) in [5, 5.41) is 5.62. The van der Waals surface area contributed by atoms with Crippen LogP contribution in [0.1, 0.15) is 47.5 Å². The molecule has 7 heteroatoms. The highest BCUT2D eigenvalue weighted by atomic mass is 16.5. The highest BCUT2D eigenvalue weighted by Crippen LogP contribution is 2.40. The molecule has 1 aromatic heterocycles. The van der Waals surface area contributed by atoms with Crippen molar-refractivity contribution in [1.82, 2.24) is 9.97 Å². The summed E-state index contributed by atoms with van der Waals surface area (Å²) < 4.78 is 5.87. The zero-order valence-corrected chi connectivity index (χ0v) is 18.0. The molecule has 1 aliphatic rings. The first kappa shape index (κ1) is 20.8. The van der Waals surface area contributed by atoms with Crippen LogP contribution >= 0.6 is 0 Å². The van der Waals surface area contributed by atoms with Gasteiger partial charge in [0.15, 0.2) is 0 Å². The predicted molar refractivity (Wildman–Crippen MR) is 128 cm³/mol. The molecule has 1 heterocycles. The van der Waals surface area contributed by atoms with Gasteiger partial charge in [0.1, 0.15) is 5.75 Å². The molecule has 0 unspecified atom stereocenters. The molecule has 3 N–H and O–H groups in total. The van der Waals surface area contributed by atoms with Crippen molar-refractivity contribution in [2.75, 3.05) is 10.6 Å². The second kappa shape index (κ2) is 9.16. The fraction of sp³-hybridized carbons (Fsp3) is 0.192. The molecule has 2 amide bonds. The van der Waals surface area contributed by atoms with Crippen LogP contribution in [0.5, 0.6) is 5.75 Å². The van der Waals surface area contributed by atoms with E-state index in [4.69, 9.17) is 4.74 Å². The Hall–Kier alpha value is -4.13. The van der Waals surface area contributed by atoms with Crippen molar-refractivity contribution < 1.29 is 14.3 Å². The maximum absolute atomic E-state index is 13.0. The number of esters is 1. The molecule has 0 radical (unpaired) electrons. The zero-order chi connectivity index (χ0) is 22.6. The number of aromatic amines is 1. The van der Waals surface area contributed by atoms with Crippen molar-refractivity contribution in [3.63, 3.8) is 0 Å². The van der Waals surface area contributed by atoms with Gasteiger partial charge >= 0.3 is 12.0 Å². The predicted octanol–water partition coefficient (Wildman–Crippen LogP) is 6.08. The minimum Gasteiger partial charge on any atom is -0.423 e. The van der Waals surface area contributed by atoms with E-state index in [0.717, 1.165) is 42.3 Å². The summed E-state index contributed by atoms with van der Waals surface area (Å²) in [6, 6.07) is 19.6. The highest BCUT2D eigenvalue weighted by molar-refractivity contribution is 6.00. The average Bonchev–Trinajstić information content (AvgIpc) is 3.51. The Kier molecular flexibility index (Phi) is 5.76. The number of hydrogen-bond acceptors (Lipinski definition) is 4. The summed E-state index contributed by atoms with van der Waals surface area (Å²) in [7, 11) is 0. The van der Waals surface area contributed by atoms with Gasteiger partial charge in [-0.25, -0.2) is 14.6 Å². The van der Waals surface area contributed by atoms with Gasteiger partial charge in [0, 0.05) is 17.4 Å². The van der Waals surface area contributed by atoms with Crippen molar-refractivity contribution in [3.8, 4) is 5.75 Å². The number of nitrogens with zero attached hydrogens (tertiary/aromatic N) is 1. The van der Waals surface area contributed by atoms with Crippen LogP contribution in [0, 0.1) is 0 Å². The van der Waals surface area contributed by atoms with Crippen molar-refractivity contribution in [2.24, 2.45) is 0 Å². The molecule has 33 heavy (non-hydrogen) atoms. The van der Waals surface area contributed by atoms with Gasteiger partial charge in [0.05, 0.1) is 22.9 Å². The third-order valence-electron chi connectivity index (χ3n) is 5.96. The number of carbonyl (C=O) groups excluding carboxylic acids is 2. The lowest BCUT2D eigenvalue weighted by Crippen LogP contribution is -2.19. The molecule has 0 bridgehead atoms. The number of anilines is 2. The summed E-state index contributed by atoms with van der Waals surface area (Å²) in [4.78, 5) is 32.6. The summed E-state index contributed by atoms with van der Waals surface area (Å²) in [6.45, 7) is 0. The third kappa shape index (κ3) is 4.72. The number of nitrogens with one attached hydrogen (secondary N) is 3. The number of ether oxygens (including phenoxy) is 1. The largest absolute Gasteiger partial charge is 0.423 e. The van der Waals surface area contributed by atoms with Gasteiger partial charge in [-0.05, 0) is 60.7 Å². The molecular weight excluding hydrogens is 416 g/mol. The quantitative estimate of drug-likeness (QED) is 0.259. The fourth-order valence-electron chi connectivity index (χ4n) is 4.31. The van der Waals surface area contributed by atoms with E-state index in [1.165, 1.54) is 0 Å². The van der Waals surface area contributed by atoms with Gasteiger partial charge in [-0.15, -0.1) is 0 Å². The number of carbonyl (C=O) groups is 2. The van der Waals surface area contributed by atoms with Crippen LogP contribution in [0.4, 0.5) is 16.2 Å². The van der Waals surface area contributed by atoms with E-state index in [-0.39, 0.29) is 6.03 Å². The number of urea groups is 1. The second-order valence-corrected chi connectivity index (χ2v) is 8.20. The topological polar surface area (TPSA) is 96.1 Å². The van der Waals surface area contributed by atoms with Crippen molar-refractivity contribution >= 4 is 34.4 Å². The van der Waals surface area contributed by atoms with Crippen LogP contribution in [-0.2, 0) is 0 Å². The Bertz CT molecular complexity index is 1290.